The molecular formula is C15H22N3PS. The lowest BCUT2D eigenvalue weighted by Gasteiger charge is -2.41. The molecule has 0 aliphatic heterocycles. The highest BCUT2D eigenvalue weighted by molar-refractivity contribution is 8.16. The molecule has 108 valence electrons. The maximum absolute atomic E-state index is 6.22. The van der Waals surface area contributed by atoms with Gasteiger partial charge in [0.25, 0.3) is 0 Å². The number of rotatable bonds is 5. The summed E-state index contributed by atoms with van der Waals surface area (Å²) in [5.41, 5.74) is 0. The van der Waals surface area contributed by atoms with Gasteiger partial charge in [-0.1, -0.05) is 42.1 Å². The zero-order valence-electron chi connectivity index (χ0n) is 12.5. The topological polar surface area (TPSA) is 21.1 Å². The van der Waals surface area contributed by atoms with Crippen LogP contribution in [0.3, 0.4) is 0 Å². The molecule has 5 heteroatoms. The first-order valence-electron chi connectivity index (χ1n) is 6.91. The van der Waals surface area contributed by atoms with Crippen LogP contribution in [0.2, 0.25) is 0 Å². The van der Waals surface area contributed by atoms with Gasteiger partial charge in [0.05, 0.1) is 6.33 Å². The van der Waals surface area contributed by atoms with Crippen molar-refractivity contribution in [3.05, 3.63) is 49.1 Å². The minimum Gasteiger partial charge on any atom is -0.293 e. The highest BCUT2D eigenvalue weighted by atomic mass is 32.4. The van der Waals surface area contributed by atoms with Gasteiger partial charge in [0, 0.05) is 29.8 Å². The molecular weight excluding hydrogens is 285 g/mol. The van der Waals surface area contributed by atoms with Crippen LogP contribution in [0, 0.1) is 0 Å². The van der Waals surface area contributed by atoms with Gasteiger partial charge in [0.1, 0.15) is 6.34 Å². The summed E-state index contributed by atoms with van der Waals surface area (Å²) in [5.74, 6) is 0. The molecule has 20 heavy (non-hydrogen) atoms. The van der Waals surface area contributed by atoms with Gasteiger partial charge in [-0.2, -0.15) is 0 Å². The molecule has 2 aromatic rings. The maximum Gasteiger partial charge on any atom is 0.135 e. The lowest BCUT2D eigenvalue weighted by molar-refractivity contribution is 0.321. The van der Waals surface area contributed by atoms with Crippen molar-refractivity contribution in [3.8, 4) is 0 Å². The summed E-state index contributed by atoms with van der Waals surface area (Å²) in [6.45, 7) is 8.84. The van der Waals surface area contributed by atoms with Crippen LogP contribution in [0.1, 0.15) is 27.7 Å². The Balaban J connectivity index is 2.65. The Morgan fingerprint density at radius 2 is 1.70 bits per heavy atom. The fraction of sp³-hybridized carbons (Fsp3) is 0.400. The van der Waals surface area contributed by atoms with E-state index in [-0.39, 0.29) is 0 Å². The van der Waals surface area contributed by atoms with Crippen molar-refractivity contribution < 1.29 is 0 Å². The summed E-state index contributed by atoms with van der Waals surface area (Å²) in [7, 11) is 0. The normalized spacial score (nSPS) is 14.9. The van der Waals surface area contributed by atoms with Gasteiger partial charge in [-0.25, -0.2) is 4.98 Å². The molecule has 1 unspecified atom stereocenters. The molecule has 1 atom stereocenters. The van der Waals surface area contributed by atoms with Crippen molar-refractivity contribution in [1.29, 1.82) is 0 Å². The Morgan fingerprint density at radius 3 is 2.15 bits per heavy atom. The molecule has 0 amide bonds. The summed E-state index contributed by atoms with van der Waals surface area (Å²) in [4.78, 5) is 4.21. The number of aromatic nitrogens is 2. The van der Waals surface area contributed by atoms with Crippen molar-refractivity contribution in [2.24, 2.45) is 0 Å². The van der Waals surface area contributed by atoms with Crippen LogP contribution in [-0.4, -0.2) is 26.1 Å². The Morgan fingerprint density at radius 1 is 1.10 bits per heavy atom. The number of hydrogen-bond donors (Lipinski definition) is 0. The number of imidazole rings is 1. The van der Waals surface area contributed by atoms with Crippen LogP contribution < -0.4 is 5.30 Å². The molecule has 0 aliphatic rings. The van der Waals surface area contributed by atoms with Crippen LogP contribution in [0.25, 0.3) is 0 Å². The van der Waals surface area contributed by atoms with Gasteiger partial charge >= 0.3 is 0 Å². The zero-order chi connectivity index (χ0) is 14.8. The number of hydrogen-bond acceptors (Lipinski definition) is 2. The molecule has 0 radical (unpaired) electrons. The second kappa shape index (κ2) is 6.21. The average molecular weight is 307 g/mol. The zero-order valence-corrected chi connectivity index (χ0v) is 14.2. The van der Waals surface area contributed by atoms with Crippen LogP contribution >= 0.6 is 6.34 Å². The van der Waals surface area contributed by atoms with Gasteiger partial charge in [-0.15, -0.1) is 0 Å². The quantitative estimate of drug-likeness (QED) is 0.789. The number of nitrogens with zero attached hydrogens (tertiary/aromatic N) is 3. The Labute approximate surface area is 126 Å². The van der Waals surface area contributed by atoms with Crippen molar-refractivity contribution in [3.63, 3.8) is 0 Å². The van der Waals surface area contributed by atoms with E-state index in [0.29, 0.717) is 12.1 Å². The summed E-state index contributed by atoms with van der Waals surface area (Å²) in [6, 6.07) is 11.2. The average Bonchev–Trinajstić information content (AvgIpc) is 2.93. The first-order chi connectivity index (χ1) is 9.48. The first kappa shape index (κ1) is 15.4. The molecule has 2 rings (SSSR count). The van der Waals surface area contributed by atoms with Gasteiger partial charge in [0.2, 0.25) is 0 Å². The van der Waals surface area contributed by atoms with Gasteiger partial charge in [-0.05, 0) is 27.7 Å². The SMILES string of the molecule is CC(C)N(C(C)C)P(=S)(c1ccccc1)n1ccnc1. The molecule has 0 saturated heterocycles. The molecule has 0 bridgehead atoms. The molecule has 0 N–H and O–H groups in total. The van der Waals surface area contributed by atoms with Gasteiger partial charge in [0.15, 0.2) is 0 Å². The summed E-state index contributed by atoms with van der Waals surface area (Å²) >= 11 is 6.22. The van der Waals surface area contributed by atoms with Gasteiger partial charge in [-0.3, -0.25) is 9.01 Å². The smallest absolute Gasteiger partial charge is 0.135 e. The first-order valence-corrected chi connectivity index (χ1v) is 9.62. The third-order valence-corrected chi connectivity index (χ3v) is 8.41. The van der Waals surface area contributed by atoms with Gasteiger partial charge < -0.3 is 0 Å². The van der Waals surface area contributed by atoms with E-state index in [1.165, 1.54) is 5.30 Å². The van der Waals surface area contributed by atoms with E-state index in [1.54, 1.807) is 0 Å². The van der Waals surface area contributed by atoms with E-state index >= 15 is 0 Å². The van der Waals surface area contributed by atoms with E-state index in [2.05, 4.69) is 66.0 Å². The Bertz CT molecular complexity index is 570. The van der Waals surface area contributed by atoms with E-state index < -0.39 is 6.34 Å². The monoisotopic (exact) mass is 307 g/mol. The van der Waals surface area contributed by atoms with E-state index in [9.17, 15) is 0 Å². The van der Waals surface area contributed by atoms with Crippen molar-refractivity contribution in [2.75, 3.05) is 0 Å². The summed E-state index contributed by atoms with van der Waals surface area (Å²) in [5, 5.41) is 1.20. The highest BCUT2D eigenvalue weighted by Gasteiger charge is 2.33. The van der Waals surface area contributed by atoms with Crippen LogP contribution in [-0.2, 0) is 11.8 Å². The molecule has 0 saturated carbocycles. The standard InChI is InChI=1S/C15H22N3PS/c1-13(2)18(14(3)4)19(20,17-11-10-16-12-17)15-8-6-5-7-9-15/h5-14H,1-4H3. The predicted octanol–water partition coefficient (Wildman–Crippen LogP) is 3.49. The third kappa shape index (κ3) is 2.73. The summed E-state index contributed by atoms with van der Waals surface area (Å²) in [6.07, 6.45) is 3.57. The summed E-state index contributed by atoms with van der Waals surface area (Å²) < 4.78 is 4.57. The Hall–Kier alpha value is -0.960. The third-order valence-electron chi connectivity index (χ3n) is 3.27. The molecule has 1 heterocycles. The second-order valence-electron chi connectivity index (χ2n) is 5.39. The Kier molecular flexibility index (Phi) is 4.79. The molecule has 1 aromatic carbocycles. The maximum atomic E-state index is 6.22. The fourth-order valence-electron chi connectivity index (χ4n) is 2.64. The lowest BCUT2D eigenvalue weighted by Crippen LogP contribution is -2.39. The number of benzene rings is 1. The molecule has 0 fully saturated rings. The highest BCUT2D eigenvalue weighted by Crippen LogP contribution is 2.52. The molecule has 0 aliphatic carbocycles. The van der Waals surface area contributed by atoms with Crippen molar-refractivity contribution in [1.82, 2.24) is 14.0 Å². The molecule has 1 aromatic heterocycles. The van der Waals surface area contributed by atoms with Crippen LogP contribution in [0.15, 0.2) is 49.1 Å². The predicted molar refractivity (Wildman–Crippen MR) is 90.1 cm³/mol. The molecule has 0 spiro atoms. The largest absolute Gasteiger partial charge is 0.293 e. The van der Waals surface area contributed by atoms with E-state index in [0.717, 1.165) is 0 Å². The van der Waals surface area contributed by atoms with Crippen molar-refractivity contribution in [2.45, 2.75) is 39.8 Å². The van der Waals surface area contributed by atoms with Crippen LogP contribution in [0.4, 0.5) is 0 Å². The van der Waals surface area contributed by atoms with E-state index in [1.807, 2.05) is 24.8 Å². The lowest BCUT2D eigenvalue weighted by atomic mass is 10.3. The molecule has 3 nitrogen and oxygen atoms in total. The van der Waals surface area contributed by atoms with Crippen molar-refractivity contribution >= 4 is 23.5 Å². The minimum absolute atomic E-state index is 0.378. The minimum atomic E-state index is -2.08. The van der Waals surface area contributed by atoms with E-state index in [4.69, 9.17) is 11.8 Å². The second-order valence-corrected chi connectivity index (χ2v) is 9.45. The fourth-order valence-corrected chi connectivity index (χ4v) is 7.45. The van der Waals surface area contributed by atoms with Crippen LogP contribution in [0.5, 0.6) is 0 Å².